The highest BCUT2D eigenvalue weighted by atomic mass is 16.4. The second-order valence-corrected chi connectivity index (χ2v) is 3.13. The lowest BCUT2D eigenvalue weighted by Gasteiger charge is -1.70. The summed E-state index contributed by atoms with van der Waals surface area (Å²) in [7, 11) is 0. The van der Waals surface area contributed by atoms with Gasteiger partial charge in [0.2, 0.25) is 0 Å². The number of nitrogens with zero attached hydrogens (tertiary/aromatic N) is 2. The summed E-state index contributed by atoms with van der Waals surface area (Å²) in [5, 5.41) is 15.2. The fraction of sp³-hybridized carbons (Fsp3) is 0. The van der Waals surface area contributed by atoms with Crippen molar-refractivity contribution in [1.29, 1.82) is 0 Å². The van der Waals surface area contributed by atoms with E-state index in [1.807, 2.05) is 36.4 Å². The van der Waals surface area contributed by atoms with Gasteiger partial charge in [-0.2, -0.15) is 0 Å². The topological polar surface area (TPSA) is 100 Å². The molecule has 0 aliphatic rings. The Bertz CT molecular complexity index is 413. The van der Waals surface area contributed by atoms with Crippen LogP contribution in [0, 0.1) is 0 Å². The molecule has 22 heavy (non-hydrogen) atoms. The molecule has 6 heteroatoms. The van der Waals surface area contributed by atoms with Crippen molar-refractivity contribution in [3.8, 4) is 0 Å². The van der Waals surface area contributed by atoms with Crippen LogP contribution in [0.1, 0.15) is 0 Å². The molecule has 6 nitrogen and oxygen atoms in total. The molecular formula is C16H18N2O4. The maximum atomic E-state index is 9.25. The molecule has 0 fully saturated rings. The lowest BCUT2D eigenvalue weighted by Crippen LogP contribution is -1.82. The van der Waals surface area contributed by atoms with Gasteiger partial charge in [0.25, 0.3) is 0 Å². The van der Waals surface area contributed by atoms with E-state index in [4.69, 9.17) is 10.2 Å². The van der Waals surface area contributed by atoms with Gasteiger partial charge >= 0.3 is 11.9 Å². The predicted molar refractivity (Wildman–Crippen MR) is 84.1 cm³/mol. The SMILES string of the molecule is C=CC(=O)O.C=CC(=O)O.c1ccncc1.c1ccncc1. The van der Waals surface area contributed by atoms with Gasteiger partial charge in [-0.15, -0.1) is 0 Å². The number of carbonyl (C=O) groups is 2. The van der Waals surface area contributed by atoms with Gasteiger partial charge in [0.1, 0.15) is 0 Å². The number of aromatic nitrogens is 2. The number of carboxylic acids is 2. The number of pyridine rings is 2. The van der Waals surface area contributed by atoms with Crippen molar-refractivity contribution in [2.24, 2.45) is 0 Å². The van der Waals surface area contributed by atoms with Crippen LogP contribution in [0.2, 0.25) is 0 Å². The number of hydrogen-bond donors (Lipinski definition) is 2. The van der Waals surface area contributed by atoms with E-state index in [2.05, 4.69) is 23.1 Å². The Kier molecular flexibility index (Phi) is 16.9. The van der Waals surface area contributed by atoms with Crippen molar-refractivity contribution < 1.29 is 19.8 Å². The highest BCUT2D eigenvalue weighted by Gasteiger charge is 1.73. The first-order valence-electron chi connectivity index (χ1n) is 5.95. The van der Waals surface area contributed by atoms with E-state index in [-0.39, 0.29) is 0 Å². The lowest BCUT2D eigenvalue weighted by molar-refractivity contribution is -0.132. The summed E-state index contributed by atoms with van der Waals surface area (Å²) in [6, 6.07) is 11.4. The Morgan fingerprint density at radius 2 is 0.909 bits per heavy atom. The van der Waals surface area contributed by atoms with Crippen LogP contribution in [0.5, 0.6) is 0 Å². The lowest BCUT2D eigenvalue weighted by atomic mass is 10.5. The van der Waals surface area contributed by atoms with Crippen LogP contribution in [-0.2, 0) is 9.59 Å². The maximum Gasteiger partial charge on any atom is 0.327 e. The Hall–Kier alpha value is -3.28. The van der Waals surface area contributed by atoms with Crippen molar-refractivity contribution >= 4 is 11.9 Å². The highest BCUT2D eigenvalue weighted by Crippen LogP contribution is 1.74. The molecule has 0 aromatic carbocycles. The second-order valence-electron chi connectivity index (χ2n) is 3.13. The summed E-state index contributed by atoms with van der Waals surface area (Å²) in [4.78, 5) is 26.1. The van der Waals surface area contributed by atoms with Gasteiger partial charge in [-0.05, 0) is 24.3 Å². The van der Waals surface area contributed by atoms with Gasteiger partial charge in [0, 0.05) is 36.9 Å². The quantitative estimate of drug-likeness (QED) is 0.827. The van der Waals surface area contributed by atoms with Crippen molar-refractivity contribution in [3.05, 3.63) is 86.5 Å². The first-order chi connectivity index (χ1) is 10.5. The van der Waals surface area contributed by atoms with Crippen LogP contribution in [-0.4, -0.2) is 32.1 Å². The van der Waals surface area contributed by atoms with Crippen LogP contribution in [0.3, 0.4) is 0 Å². The van der Waals surface area contributed by atoms with Crippen molar-refractivity contribution in [1.82, 2.24) is 9.97 Å². The number of hydrogen-bond acceptors (Lipinski definition) is 4. The summed E-state index contributed by atoms with van der Waals surface area (Å²) in [6.45, 7) is 5.92. The molecule has 0 aliphatic heterocycles. The molecule has 0 bridgehead atoms. The first kappa shape index (κ1) is 21.0. The summed E-state index contributed by atoms with van der Waals surface area (Å²) in [5.74, 6) is -1.96. The Morgan fingerprint density at radius 3 is 0.955 bits per heavy atom. The molecule has 116 valence electrons. The summed E-state index contributed by atoms with van der Waals surface area (Å²) >= 11 is 0. The molecule has 0 atom stereocenters. The molecule has 0 unspecified atom stereocenters. The van der Waals surface area contributed by atoms with E-state index in [0.29, 0.717) is 0 Å². The Labute approximate surface area is 129 Å². The molecule has 0 saturated heterocycles. The van der Waals surface area contributed by atoms with Gasteiger partial charge in [-0.3, -0.25) is 9.97 Å². The number of carboxylic acid groups (broad SMARTS) is 2. The zero-order chi connectivity index (χ0) is 17.1. The predicted octanol–water partition coefficient (Wildman–Crippen LogP) is 2.68. The summed E-state index contributed by atoms with van der Waals surface area (Å²) < 4.78 is 0. The molecule has 0 aliphatic carbocycles. The minimum Gasteiger partial charge on any atom is -0.478 e. The van der Waals surface area contributed by atoms with E-state index in [1.165, 1.54) is 0 Å². The number of aliphatic carboxylic acids is 2. The average molecular weight is 302 g/mol. The molecule has 2 aromatic heterocycles. The Morgan fingerprint density at radius 1 is 0.682 bits per heavy atom. The highest BCUT2D eigenvalue weighted by molar-refractivity contribution is 5.79. The molecular weight excluding hydrogens is 284 g/mol. The molecule has 2 heterocycles. The Balaban J connectivity index is 0. The fourth-order valence-electron chi connectivity index (χ4n) is 0.625. The standard InChI is InChI=1S/2C5H5N.2C3H4O2/c2*1-2-4-6-5-3-1;2*1-2-3(4)5/h2*1-5H;2*2H,1H2,(H,4,5). The largest absolute Gasteiger partial charge is 0.478 e. The monoisotopic (exact) mass is 302 g/mol. The third kappa shape index (κ3) is 25.5. The summed E-state index contributed by atoms with van der Waals surface area (Å²) in [6.07, 6.45) is 8.67. The van der Waals surface area contributed by atoms with E-state index < -0.39 is 11.9 Å². The smallest absolute Gasteiger partial charge is 0.327 e. The molecule has 0 radical (unpaired) electrons. The van der Waals surface area contributed by atoms with Crippen LogP contribution >= 0.6 is 0 Å². The normalized spacial score (nSPS) is 7.27. The minimum atomic E-state index is -0.981. The molecule has 2 N–H and O–H groups in total. The molecule has 2 rings (SSSR count). The van der Waals surface area contributed by atoms with Gasteiger partial charge in [0.05, 0.1) is 0 Å². The zero-order valence-corrected chi connectivity index (χ0v) is 11.9. The van der Waals surface area contributed by atoms with Crippen molar-refractivity contribution in [2.75, 3.05) is 0 Å². The van der Waals surface area contributed by atoms with Gasteiger partial charge in [-0.1, -0.05) is 25.3 Å². The van der Waals surface area contributed by atoms with Gasteiger partial charge in [-0.25, -0.2) is 9.59 Å². The van der Waals surface area contributed by atoms with E-state index in [0.717, 1.165) is 12.2 Å². The minimum absolute atomic E-state index is 0.833. The van der Waals surface area contributed by atoms with Gasteiger partial charge in [0.15, 0.2) is 0 Å². The molecule has 0 spiro atoms. The third-order valence-corrected chi connectivity index (χ3v) is 1.48. The molecule has 0 amide bonds. The van der Waals surface area contributed by atoms with Crippen LogP contribution < -0.4 is 0 Å². The van der Waals surface area contributed by atoms with Gasteiger partial charge < -0.3 is 10.2 Å². The fourth-order valence-corrected chi connectivity index (χ4v) is 0.625. The first-order valence-corrected chi connectivity index (χ1v) is 5.95. The molecule has 2 aromatic rings. The van der Waals surface area contributed by atoms with Crippen LogP contribution in [0.4, 0.5) is 0 Å². The van der Waals surface area contributed by atoms with Crippen molar-refractivity contribution in [3.63, 3.8) is 0 Å². The van der Waals surface area contributed by atoms with Crippen LogP contribution in [0.25, 0.3) is 0 Å². The second kappa shape index (κ2) is 17.7. The third-order valence-electron chi connectivity index (χ3n) is 1.48. The average Bonchev–Trinajstić information content (AvgIpc) is 2.59. The zero-order valence-electron chi connectivity index (χ0n) is 11.9. The van der Waals surface area contributed by atoms with Crippen molar-refractivity contribution in [2.45, 2.75) is 0 Å². The number of rotatable bonds is 2. The van der Waals surface area contributed by atoms with E-state index in [1.54, 1.807) is 24.8 Å². The van der Waals surface area contributed by atoms with E-state index >= 15 is 0 Å². The van der Waals surface area contributed by atoms with E-state index in [9.17, 15) is 9.59 Å². The molecule has 0 saturated carbocycles. The maximum absolute atomic E-state index is 9.25. The summed E-state index contributed by atoms with van der Waals surface area (Å²) in [5.41, 5.74) is 0. The van der Waals surface area contributed by atoms with Crippen LogP contribution in [0.15, 0.2) is 86.5 Å².